The second-order valence-corrected chi connectivity index (χ2v) is 9.74. The second-order valence-electron chi connectivity index (χ2n) is 9.74. The van der Waals surface area contributed by atoms with Crippen molar-refractivity contribution in [3.63, 3.8) is 0 Å². The average Bonchev–Trinajstić information content (AvgIpc) is 3.57. The summed E-state index contributed by atoms with van der Waals surface area (Å²) in [6.45, 7) is 0.554. The number of benzene rings is 2. The van der Waals surface area contributed by atoms with Gasteiger partial charge in [-0.1, -0.05) is 55.0 Å². The van der Waals surface area contributed by atoms with Crippen molar-refractivity contribution in [2.75, 3.05) is 19.7 Å². The normalized spacial score (nSPS) is 25.2. The topological polar surface area (TPSA) is 116 Å². The maximum absolute atomic E-state index is 13.1. The molecule has 8 heteroatoms. The number of β-amino-alcohol motifs (C(OH)–C–C–N with tert-alkyl or cyclic N) is 1. The van der Waals surface area contributed by atoms with Crippen LogP contribution in [0, 0.1) is 11.8 Å². The van der Waals surface area contributed by atoms with E-state index in [4.69, 9.17) is 4.74 Å². The SMILES string of the molecule is O=C(NC[C@H]1CCC[C@H]1C(=O)N1C[C@@H](O)C[C@H]1C(=O)O)OCC1c2ccccc2-c2ccccc21. The largest absolute Gasteiger partial charge is 0.480 e. The molecule has 184 valence electrons. The highest BCUT2D eigenvalue weighted by Crippen LogP contribution is 2.44. The summed E-state index contributed by atoms with van der Waals surface area (Å²) in [7, 11) is 0. The monoisotopic (exact) mass is 478 g/mol. The van der Waals surface area contributed by atoms with E-state index in [2.05, 4.69) is 29.6 Å². The minimum atomic E-state index is -1.10. The predicted octanol–water partition coefficient (Wildman–Crippen LogP) is 2.99. The van der Waals surface area contributed by atoms with Crippen LogP contribution in [-0.4, -0.2) is 64.9 Å². The van der Waals surface area contributed by atoms with Gasteiger partial charge in [0.15, 0.2) is 0 Å². The lowest BCUT2D eigenvalue weighted by Crippen LogP contribution is -2.45. The molecule has 0 spiro atoms. The van der Waals surface area contributed by atoms with Crippen LogP contribution in [0.3, 0.4) is 0 Å². The van der Waals surface area contributed by atoms with Crippen molar-refractivity contribution in [2.45, 2.75) is 43.7 Å². The number of hydrogen-bond acceptors (Lipinski definition) is 5. The molecule has 0 radical (unpaired) electrons. The van der Waals surface area contributed by atoms with Crippen molar-refractivity contribution in [3.8, 4) is 11.1 Å². The van der Waals surface area contributed by atoms with E-state index in [-0.39, 0.29) is 43.2 Å². The Kier molecular flexibility index (Phi) is 6.47. The summed E-state index contributed by atoms with van der Waals surface area (Å²) in [5.41, 5.74) is 4.61. The number of carbonyl (C=O) groups is 3. The molecule has 2 aromatic carbocycles. The number of rotatable bonds is 6. The Balaban J connectivity index is 1.17. The number of nitrogens with one attached hydrogen (secondary N) is 1. The maximum Gasteiger partial charge on any atom is 0.407 e. The second kappa shape index (κ2) is 9.70. The summed E-state index contributed by atoms with van der Waals surface area (Å²) in [5, 5.41) is 22.1. The predicted molar refractivity (Wildman–Crippen MR) is 128 cm³/mol. The third-order valence-corrected chi connectivity index (χ3v) is 7.68. The zero-order valence-electron chi connectivity index (χ0n) is 19.4. The van der Waals surface area contributed by atoms with Gasteiger partial charge in [-0.05, 0) is 41.0 Å². The Morgan fingerprint density at radius 3 is 2.31 bits per heavy atom. The smallest absolute Gasteiger partial charge is 0.407 e. The van der Waals surface area contributed by atoms with Gasteiger partial charge in [-0.3, -0.25) is 4.79 Å². The van der Waals surface area contributed by atoms with E-state index in [1.807, 2.05) is 24.3 Å². The lowest BCUT2D eigenvalue weighted by molar-refractivity contribution is -0.150. The molecule has 2 aromatic rings. The summed E-state index contributed by atoms with van der Waals surface area (Å²) in [5.74, 6) is -1.82. The minimum absolute atomic E-state index is 0.0245. The molecule has 0 aromatic heterocycles. The molecule has 0 bridgehead atoms. The summed E-state index contributed by atoms with van der Waals surface area (Å²) in [6, 6.07) is 15.3. The standard InChI is InChI=1S/C27H30N2O6/c30-17-12-24(26(32)33)29(14-17)25(31)18-11-5-6-16(18)13-28-27(34)35-15-23-21-9-3-1-7-19(21)20-8-2-4-10-22(20)23/h1-4,7-10,16-18,23-24,30H,5-6,11-15H2,(H,28,34)(H,32,33)/t16-,17+,18-,24+/m1/s1. The molecule has 3 aliphatic rings. The van der Waals surface area contributed by atoms with Crippen LogP contribution in [0.25, 0.3) is 11.1 Å². The van der Waals surface area contributed by atoms with E-state index in [9.17, 15) is 24.6 Å². The summed E-state index contributed by atoms with van der Waals surface area (Å²) in [4.78, 5) is 38.5. The number of hydrogen-bond donors (Lipinski definition) is 3. The van der Waals surface area contributed by atoms with Crippen molar-refractivity contribution >= 4 is 18.0 Å². The third-order valence-electron chi connectivity index (χ3n) is 7.68. The van der Waals surface area contributed by atoms with Gasteiger partial charge in [0.25, 0.3) is 0 Å². The highest BCUT2D eigenvalue weighted by Gasteiger charge is 2.44. The number of carboxylic acid groups (broad SMARTS) is 1. The van der Waals surface area contributed by atoms with Crippen molar-refractivity contribution in [3.05, 3.63) is 59.7 Å². The van der Waals surface area contributed by atoms with Crippen LogP contribution in [0.15, 0.2) is 48.5 Å². The van der Waals surface area contributed by atoms with Crippen molar-refractivity contribution in [1.29, 1.82) is 0 Å². The Hall–Kier alpha value is -3.39. The zero-order valence-corrected chi connectivity index (χ0v) is 19.4. The van der Waals surface area contributed by atoms with Crippen molar-refractivity contribution in [1.82, 2.24) is 10.2 Å². The minimum Gasteiger partial charge on any atom is -0.480 e. The Labute approximate surface area is 203 Å². The number of likely N-dealkylation sites (tertiary alicyclic amines) is 1. The molecule has 3 N–H and O–H groups in total. The van der Waals surface area contributed by atoms with Gasteiger partial charge in [-0.25, -0.2) is 9.59 Å². The molecule has 1 aliphatic heterocycles. The first kappa shape index (κ1) is 23.4. The van der Waals surface area contributed by atoms with Crippen LogP contribution in [0.5, 0.6) is 0 Å². The number of fused-ring (bicyclic) bond motifs is 3. The van der Waals surface area contributed by atoms with Gasteiger partial charge in [0.2, 0.25) is 5.91 Å². The van der Waals surface area contributed by atoms with Gasteiger partial charge in [0.05, 0.1) is 6.10 Å². The summed E-state index contributed by atoms with van der Waals surface area (Å²) >= 11 is 0. The molecule has 35 heavy (non-hydrogen) atoms. The molecule has 2 fully saturated rings. The van der Waals surface area contributed by atoms with E-state index in [1.165, 1.54) is 4.90 Å². The van der Waals surface area contributed by atoms with Crippen molar-refractivity contribution in [2.24, 2.45) is 11.8 Å². The van der Waals surface area contributed by atoms with Gasteiger partial charge in [-0.15, -0.1) is 0 Å². The zero-order chi connectivity index (χ0) is 24.5. The van der Waals surface area contributed by atoms with Gasteiger partial charge < -0.3 is 25.2 Å². The van der Waals surface area contributed by atoms with Crippen LogP contribution >= 0.6 is 0 Å². The van der Waals surface area contributed by atoms with E-state index in [1.54, 1.807) is 0 Å². The van der Waals surface area contributed by atoms with Crippen LogP contribution < -0.4 is 5.32 Å². The van der Waals surface area contributed by atoms with Gasteiger partial charge in [-0.2, -0.15) is 0 Å². The lowest BCUT2D eigenvalue weighted by Gasteiger charge is -2.27. The fourth-order valence-corrected chi connectivity index (χ4v) is 5.97. The average molecular weight is 479 g/mol. The van der Waals surface area contributed by atoms with Crippen LogP contribution in [-0.2, 0) is 14.3 Å². The number of aliphatic hydroxyl groups is 1. The molecular weight excluding hydrogens is 448 g/mol. The Morgan fingerprint density at radius 1 is 1.00 bits per heavy atom. The van der Waals surface area contributed by atoms with Crippen LogP contribution in [0.4, 0.5) is 4.79 Å². The van der Waals surface area contributed by atoms with E-state index in [0.29, 0.717) is 13.0 Å². The number of aliphatic hydroxyl groups excluding tert-OH is 1. The fraction of sp³-hybridized carbons (Fsp3) is 0.444. The molecule has 1 heterocycles. The maximum atomic E-state index is 13.1. The van der Waals surface area contributed by atoms with Gasteiger partial charge in [0, 0.05) is 31.3 Å². The number of amides is 2. The van der Waals surface area contributed by atoms with E-state index in [0.717, 1.165) is 35.1 Å². The molecular formula is C27H30N2O6. The van der Waals surface area contributed by atoms with Crippen LogP contribution in [0.1, 0.15) is 42.7 Å². The summed E-state index contributed by atoms with van der Waals surface area (Å²) < 4.78 is 5.60. The Morgan fingerprint density at radius 2 is 1.66 bits per heavy atom. The number of aliphatic carboxylic acids is 1. The fourth-order valence-electron chi connectivity index (χ4n) is 5.97. The lowest BCUT2D eigenvalue weighted by atomic mass is 9.94. The number of nitrogens with zero attached hydrogens (tertiary/aromatic N) is 1. The molecule has 1 saturated heterocycles. The molecule has 2 aliphatic carbocycles. The van der Waals surface area contributed by atoms with Crippen LogP contribution in [0.2, 0.25) is 0 Å². The number of alkyl carbamates (subject to hydrolysis) is 1. The molecule has 1 saturated carbocycles. The first-order valence-corrected chi connectivity index (χ1v) is 12.2. The van der Waals surface area contributed by atoms with E-state index >= 15 is 0 Å². The first-order valence-electron chi connectivity index (χ1n) is 12.2. The molecule has 0 unspecified atom stereocenters. The highest BCUT2D eigenvalue weighted by molar-refractivity contribution is 5.86. The van der Waals surface area contributed by atoms with Crippen molar-refractivity contribution < 1.29 is 29.3 Å². The van der Waals surface area contributed by atoms with Gasteiger partial charge >= 0.3 is 12.1 Å². The third kappa shape index (κ3) is 4.50. The highest BCUT2D eigenvalue weighted by atomic mass is 16.5. The Bertz CT molecular complexity index is 1090. The number of carboxylic acids is 1. The van der Waals surface area contributed by atoms with E-state index < -0.39 is 24.2 Å². The van der Waals surface area contributed by atoms with Gasteiger partial charge in [0.1, 0.15) is 12.6 Å². The quantitative estimate of drug-likeness (QED) is 0.588. The number of ether oxygens (including phenoxy) is 1. The molecule has 2 amide bonds. The molecule has 5 rings (SSSR count). The number of carbonyl (C=O) groups excluding carboxylic acids is 2. The molecule has 8 nitrogen and oxygen atoms in total. The first-order chi connectivity index (χ1) is 16.9. The molecule has 4 atom stereocenters. The summed E-state index contributed by atoms with van der Waals surface area (Å²) in [6.07, 6.45) is 0.963.